The minimum absolute atomic E-state index is 0.0153. The fourth-order valence-electron chi connectivity index (χ4n) is 3.34. The fourth-order valence-corrected chi connectivity index (χ4v) is 3.34. The number of nitrogens with one attached hydrogen (secondary N) is 3. The highest BCUT2D eigenvalue weighted by Gasteiger charge is 2.33. The predicted octanol–water partition coefficient (Wildman–Crippen LogP) is 3.26. The first kappa shape index (κ1) is 26.4. The summed E-state index contributed by atoms with van der Waals surface area (Å²) in [5, 5.41) is 8.53. The van der Waals surface area contributed by atoms with Gasteiger partial charge in [-0.2, -0.15) is 0 Å². The Hall–Kier alpha value is -1.59. The van der Waals surface area contributed by atoms with Crippen LogP contribution in [-0.2, 0) is 14.4 Å². The lowest BCUT2D eigenvalue weighted by Gasteiger charge is -2.32. The third-order valence-electron chi connectivity index (χ3n) is 4.70. The maximum absolute atomic E-state index is 12.4. The number of unbranched alkanes of at least 4 members (excludes halogenated alkanes) is 3. The summed E-state index contributed by atoms with van der Waals surface area (Å²) >= 11 is 0. The van der Waals surface area contributed by atoms with Gasteiger partial charge in [0.05, 0.1) is 6.54 Å². The van der Waals surface area contributed by atoms with Gasteiger partial charge < -0.3 is 16.0 Å². The summed E-state index contributed by atoms with van der Waals surface area (Å²) in [6, 6.07) is 0. The maximum atomic E-state index is 12.4. The van der Waals surface area contributed by atoms with Crippen LogP contribution >= 0.6 is 0 Å². The molecule has 0 spiro atoms. The Morgan fingerprint density at radius 1 is 0.750 bits per heavy atom. The van der Waals surface area contributed by atoms with E-state index in [1.807, 2.05) is 20.8 Å². The SMILES string of the molecule is CC(C)C(C(=O)NCCCCCCNC(=O)CNC(=O)C(C)(C)C)C(C)(C)C. The summed E-state index contributed by atoms with van der Waals surface area (Å²) in [5.41, 5.74) is -0.527. The molecule has 0 radical (unpaired) electrons. The molecule has 164 valence electrons. The van der Waals surface area contributed by atoms with E-state index in [1.54, 1.807) is 0 Å². The molecule has 0 saturated carbocycles. The fraction of sp³-hybridized carbons (Fsp3) is 0.864. The van der Waals surface area contributed by atoms with Crippen LogP contribution in [0.3, 0.4) is 0 Å². The van der Waals surface area contributed by atoms with Gasteiger partial charge in [0.2, 0.25) is 17.7 Å². The average molecular weight is 398 g/mol. The smallest absolute Gasteiger partial charge is 0.239 e. The minimum atomic E-state index is -0.488. The number of hydrogen-bond acceptors (Lipinski definition) is 3. The predicted molar refractivity (Wildman–Crippen MR) is 115 cm³/mol. The monoisotopic (exact) mass is 397 g/mol. The molecule has 0 aromatic carbocycles. The normalized spacial score (nSPS) is 13.2. The van der Waals surface area contributed by atoms with Gasteiger partial charge in [0.25, 0.3) is 0 Å². The van der Waals surface area contributed by atoms with E-state index in [0.29, 0.717) is 19.0 Å². The molecule has 3 amide bonds. The lowest BCUT2D eigenvalue weighted by molar-refractivity contribution is -0.131. The Bertz CT molecular complexity index is 502. The second-order valence-corrected chi connectivity index (χ2v) is 10.1. The van der Waals surface area contributed by atoms with Crippen LogP contribution in [0.1, 0.15) is 81.1 Å². The van der Waals surface area contributed by atoms with Crippen molar-refractivity contribution >= 4 is 17.7 Å². The Kier molecular flexibility index (Phi) is 11.4. The second kappa shape index (κ2) is 12.1. The number of carbonyl (C=O) groups is 3. The third-order valence-corrected chi connectivity index (χ3v) is 4.70. The van der Waals surface area contributed by atoms with Crippen LogP contribution in [0.25, 0.3) is 0 Å². The summed E-state index contributed by atoms with van der Waals surface area (Å²) < 4.78 is 0. The molecule has 0 bridgehead atoms. The third kappa shape index (κ3) is 11.3. The summed E-state index contributed by atoms with van der Waals surface area (Å²) in [5.74, 6) is 0.188. The van der Waals surface area contributed by atoms with E-state index in [-0.39, 0.29) is 35.6 Å². The van der Waals surface area contributed by atoms with Gasteiger partial charge in [0, 0.05) is 24.4 Å². The van der Waals surface area contributed by atoms with Crippen molar-refractivity contribution in [3.05, 3.63) is 0 Å². The highest BCUT2D eigenvalue weighted by molar-refractivity contribution is 5.87. The molecule has 0 aromatic heterocycles. The summed E-state index contributed by atoms with van der Waals surface area (Å²) in [6.45, 7) is 17.3. The van der Waals surface area contributed by atoms with Gasteiger partial charge in [-0.05, 0) is 24.2 Å². The first-order chi connectivity index (χ1) is 12.8. The van der Waals surface area contributed by atoms with E-state index >= 15 is 0 Å². The molecule has 0 saturated heterocycles. The van der Waals surface area contributed by atoms with E-state index in [1.165, 1.54) is 0 Å². The summed E-state index contributed by atoms with van der Waals surface area (Å²) in [6.07, 6.45) is 3.84. The topological polar surface area (TPSA) is 87.3 Å². The number of rotatable bonds is 11. The van der Waals surface area contributed by atoms with Crippen LogP contribution in [0.15, 0.2) is 0 Å². The van der Waals surface area contributed by atoms with Gasteiger partial charge in [-0.15, -0.1) is 0 Å². The zero-order chi connectivity index (χ0) is 22.0. The molecule has 1 atom stereocenters. The van der Waals surface area contributed by atoms with Crippen LogP contribution in [0, 0.1) is 22.7 Å². The zero-order valence-corrected chi connectivity index (χ0v) is 19.3. The van der Waals surface area contributed by atoms with E-state index in [4.69, 9.17) is 0 Å². The molecule has 1 unspecified atom stereocenters. The zero-order valence-electron chi connectivity index (χ0n) is 19.3. The van der Waals surface area contributed by atoms with Crippen molar-refractivity contribution in [2.45, 2.75) is 81.1 Å². The molecule has 6 nitrogen and oxygen atoms in total. The standard InChI is InChI=1S/C22H43N3O3/c1-16(2)18(21(3,4)5)19(27)24-14-12-10-9-11-13-23-17(26)15-25-20(28)22(6,7)8/h16,18H,9-15H2,1-8H3,(H,23,26)(H,24,27)(H,25,28). The number of amides is 3. The molecular weight excluding hydrogens is 354 g/mol. The molecule has 0 aliphatic carbocycles. The Balaban J connectivity index is 3.81. The van der Waals surface area contributed by atoms with Gasteiger partial charge in [0.15, 0.2) is 0 Å². The Labute approximate surface area is 172 Å². The quantitative estimate of drug-likeness (QED) is 0.468. The highest BCUT2D eigenvalue weighted by atomic mass is 16.2. The van der Waals surface area contributed by atoms with E-state index in [2.05, 4.69) is 50.6 Å². The molecule has 28 heavy (non-hydrogen) atoms. The molecular formula is C22H43N3O3. The number of carbonyl (C=O) groups excluding carboxylic acids is 3. The van der Waals surface area contributed by atoms with Gasteiger partial charge in [0.1, 0.15) is 0 Å². The Morgan fingerprint density at radius 2 is 1.25 bits per heavy atom. The first-order valence-electron chi connectivity index (χ1n) is 10.6. The minimum Gasteiger partial charge on any atom is -0.356 e. The van der Waals surface area contributed by atoms with E-state index in [0.717, 1.165) is 25.7 Å². The molecule has 0 heterocycles. The highest BCUT2D eigenvalue weighted by Crippen LogP contribution is 2.32. The van der Waals surface area contributed by atoms with Gasteiger partial charge in [-0.3, -0.25) is 14.4 Å². The van der Waals surface area contributed by atoms with Gasteiger partial charge in [-0.1, -0.05) is 68.2 Å². The summed E-state index contributed by atoms with van der Waals surface area (Å²) in [7, 11) is 0. The van der Waals surface area contributed by atoms with E-state index < -0.39 is 5.41 Å². The van der Waals surface area contributed by atoms with Crippen LogP contribution in [0.5, 0.6) is 0 Å². The molecule has 0 fully saturated rings. The van der Waals surface area contributed by atoms with Crippen molar-refractivity contribution in [3.63, 3.8) is 0 Å². The van der Waals surface area contributed by atoms with Crippen LogP contribution in [0.2, 0.25) is 0 Å². The lowest BCUT2D eigenvalue weighted by atomic mass is 9.74. The average Bonchev–Trinajstić information content (AvgIpc) is 2.52. The van der Waals surface area contributed by atoms with Crippen LogP contribution < -0.4 is 16.0 Å². The van der Waals surface area contributed by atoms with Crippen molar-refractivity contribution in [1.29, 1.82) is 0 Å². The van der Waals surface area contributed by atoms with Gasteiger partial charge in [-0.25, -0.2) is 0 Å². The van der Waals surface area contributed by atoms with E-state index in [9.17, 15) is 14.4 Å². The van der Waals surface area contributed by atoms with Crippen molar-refractivity contribution in [1.82, 2.24) is 16.0 Å². The summed E-state index contributed by atoms with van der Waals surface area (Å²) in [4.78, 5) is 35.8. The first-order valence-corrected chi connectivity index (χ1v) is 10.6. The molecule has 0 aliphatic rings. The number of hydrogen-bond donors (Lipinski definition) is 3. The van der Waals surface area contributed by atoms with Crippen molar-refractivity contribution in [2.24, 2.45) is 22.7 Å². The van der Waals surface area contributed by atoms with Crippen LogP contribution in [0.4, 0.5) is 0 Å². The largest absolute Gasteiger partial charge is 0.356 e. The molecule has 0 aromatic rings. The molecule has 0 aliphatic heterocycles. The van der Waals surface area contributed by atoms with Crippen molar-refractivity contribution in [2.75, 3.05) is 19.6 Å². The van der Waals surface area contributed by atoms with Crippen molar-refractivity contribution in [3.8, 4) is 0 Å². The second-order valence-electron chi connectivity index (χ2n) is 10.1. The van der Waals surface area contributed by atoms with Gasteiger partial charge >= 0.3 is 0 Å². The molecule has 0 rings (SSSR count). The van der Waals surface area contributed by atoms with Crippen LogP contribution in [-0.4, -0.2) is 37.4 Å². The lowest BCUT2D eigenvalue weighted by Crippen LogP contribution is -2.41. The maximum Gasteiger partial charge on any atom is 0.239 e. The van der Waals surface area contributed by atoms with Crippen molar-refractivity contribution < 1.29 is 14.4 Å². The molecule has 3 N–H and O–H groups in total. The molecule has 6 heteroatoms. The Morgan fingerprint density at radius 3 is 1.68 bits per heavy atom.